The van der Waals surface area contributed by atoms with Gasteiger partial charge in [-0.25, -0.2) is 9.97 Å². The third-order valence-electron chi connectivity index (χ3n) is 3.86. The number of hydrogen-bond acceptors (Lipinski definition) is 4. The monoisotopic (exact) mass is 281 g/mol. The maximum atomic E-state index is 5.89. The molecule has 104 valence electrons. The molecule has 19 heavy (non-hydrogen) atoms. The molecular formula is C13H20ClN5. The van der Waals surface area contributed by atoms with Gasteiger partial charge in [0.2, 0.25) is 5.78 Å². The Balaban J connectivity index is 0.00000133. The molecule has 0 radical (unpaired) electrons. The molecular weight excluding hydrogens is 262 g/mol. The molecule has 3 rings (SSSR count). The number of aromatic nitrogens is 3. The van der Waals surface area contributed by atoms with Crippen LogP contribution in [0, 0.1) is 5.92 Å². The first kappa shape index (κ1) is 14.2. The van der Waals surface area contributed by atoms with E-state index in [4.69, 9.17) is 5.73 Å². The highest BCUT2D eigenvalue weighted by atomic mass is 35.5. The van der Waals surface area contributed by atoms with E-state index in [1.807, 2.05) is 22.9 Å². The van der Waals surface area contributed by atoms with E-state index < -0.39 is 0 Å². The fraction of sp³-hybridized carbons (Fsp3) is 0.538. The second-order valence-electron chi connectivity index (χ2n) is 5.31. The van der Waals surface area contributed by atoms with Crippen LogP contribution in [0.1, 0.15) is 25.5 Å². The van der Waals surface area contributed by atoms with Crippen molar-refractivity contribution in [2.24, 2.45) is 11.7 Å². The second-order valence-corrected chi connectivity index (χ2v) is 5.31. The predicted octanol–water partition coefficient (Wildman–Crippen LogP) is 1.37. The number of fused-ring (bicyclic) bond motifs is 1. The van der Waals surface area contributed by atoms with E-state index in [1.54, 1.807) is 6.20 Å². The Labute approximate surface area is 119 Å². The van der Waals surface area contributed by atoms with Crippen LogP contribution in [0.4, 0.5) is 0 Å². The van der Waals surface area contributed by atoms with Gasteiger partial charge in [-0.3, -0.25) is 4.40 Å². The lowest BCUT2D eigenvalue weighted by atomic mass is 9.96. The second kappa shape index (κ2) is 5.45. The lowest BCUT2D eigenvalue weighted by molar-refractivity contribution is 0.315. The van der Waals surface area contributed by atoms with Crippen molar-refractivity contribution in [2.75, 3.05) is 6.54 Å². The zero-order valence-corrected chi connectivity index (χ0v) is 11.9. The van der Waals surface area contributed by atoms with Crippen LogP contribution in [-0.4, -0.2) is 26.5 Å². The maximum Gasteiger partial charge on any atom is 0.233 e. The first-order chi connectivity index (χ1) is 8.71. The zero-order valence-electron chi connectivity index (χ0n) is 11.0. The minimum Gasteiger partial charge on any atom is -0.329 e. The van der Waals surface area contributed by atoms with Crippen molar-refractivity contribution in [1.82, 2.24) is 19.7 Å². The zero-order chi connectivity index (χ0) is 12.6. The summed E-state index contributed by atoms with van der Waals surface area (Å²) in [6.45, 7) is 3.62. The number of imidazole rings is 1. The highest BCUT2D eigenvalue weighted by Crippen LogP contribution is 2.39. The number of nitrogens with two attached hydrogens (primary N) is 1. The van der Waals surface area contributed by atoms with Crippen LogP contribution in [0.2, 0.25) is 0 Å². The van der Waals surface area contributed by atoms with Crippen molar-refractivity contribution >= 4 is 18.2 Å². The van der Waals surface area contributed by atoms with Crippen molar-refractivity contribution < 1.29 is 0 Å². The smallest absolute Gasteiger partial charge is 0.233 e. The number of hydrogen-bond donors (Lipinski definition) is 2. The van der Waals surface area contributed by atoms with Gasteiger partial charge in [0.1, 0.15) is 0 Å². The van der Waals surface area contributed by atoms with Gasteiger partial charge in [0.15, 0.2) is 0 Å². The number of rotatable bonds is 5. The van der Waals surface area contributed by atoms with E-state index in [0.29, 0.717) is 6.54 Å². The number of halogens is 1. The first-order valence-corrected chi connectivity index (χ1v) is 6.45. The fourth-order valence-electron chi connectivity index (χ4n) is 2.36. The van der Waals surface area contributed by atoms with E-state index in [0.717, 1.165) is 23.9 Å². The quantitative estimate of drug-likeness (QED) is 0.869. The van der Waals surface area contributed by atoms with E-state index >= 15 is 0 Å². The molecule has 1 unspecified atom stereocenters. The van der Waals surface area contributed by atoms with Crippen molar-refractivity contribution in [3.8, 4) is 0 Å². The minimum absolute atomic E-state index is 0. The highest BCUT2D eigenvalue weighted by Gasteiger charge is 2.40. The summed E-state index contributed by atoms with van der Waals surface area (Å²) in [7, 11) is 0. The van der Waals surface area contributed by atoms with Crippen LogP contribution >= 0.6 is 12.4 Å². The summed E-state index contributed by atoms with van der Waals surface area (Å²) >= 11 is 0. The Morgan fingerprint density at radius 3 is 2.95 bits per heavy atom. The molecule has 1 fully saturated rings. The molecule has 1 atom stereocenters. The third-order valence-corrected chi connectivity index (χ3v) is 3.86. The Hall–Kier alpha value is -1.17. The molecule has 0 bridgehead atoms. The number of nitrogens with one attached hydrogen (secondary N) is 1. The van der Waals surface area contributed by atoms with Gasteiger partial charge in [0.25, 0.3) is 0 Å². The lowest BCUT2D eigenvalue weighted by Gasteiger charge is -2.29. The molecule has 5 nitrogen and oxygen atoms in total. The van der Waals surface area contributed by atoms with Crippen LogP contribution in [0.25, 0.3) is 5.78 Å². The molecule has 0 aliphatic heterocycles. The summed E-state index contributed by atoms with van der Waals surface area (Å²) in [5.41, 5.74) is 6.94. The minimum atomic E-state index is 0. The average Bonchev–Trinajstić information content (AvgIpc) is 3.16. The van der Waals surface area contributed by atoms with E-state index in [1.165, 1.54) is 12.8 Å². The normalized spacial score (nSPS) is 18.0. The Morgan fingerprint density at radius 2 is 2.32 bits per heavy atom. The van der Waals surface area contributed by atoms with Crippen molar-refractivity contribution in [3.05, 3.63) is 30.4 Å². The first-order valence-electron chi connectivity index (χ1n) is 6.45. The molecule has 1 aliphatic rings. The fourth-order valence-corrected chi connectivity index (χ4v) is 2.36. The van der Waals surface area contributed by atoms with E-state index in [2.05, 4.69) is 22.2 Å². The standard InChI is InChI=1S/C13H19N5.ClH/c1-13(9-14,10-3-4-10)16-7-11-8-18-6-2-5-15-12(18)17-11;/h2,5-6,8,10,16H,3-4,7,9,14H2,1H3;1H. The summed E-state index contributed by atoms with van der Waals surface area (Å²) in [4.78, 5) is 8.69. The van der Waals surface area contributed by atoms with Gasteiger partial charge >= 0.3 is 0 Å². The van der Waals surface area contributed by atoms with Crippen molar-refractivity contribution in [2.45, 2.75) is 31.8 Å². The van der Waals surface area contributed by atoms with Crippen LogP contribution < -0.4 is 11.1 Å². The van der Waals surface area contributed by atoms with Gasteiger partial charge in [0, 0.05) is 37.2 Å². The molecule has 6 heteroatoms. The Morgan fingerprint density at radius 1 is 1.53 bits per heavy atom. The van der Waals surface area contributed by atoms with Gasteiger partial charge in [-0.15, -0.1) is 12.4 Å². The largest absolute Gasteiger partial charge is 0.329 e. The molecule has 1 aliphatic carbocycles. The summed E-state index contributed by atoms with van der Waals surface area (Å²) in [5, 5.41) is 3.56. The molecule has 2 heterocycles. The predicted molar refractivity (Wildman–Crippen MR) is 77.3 cm³/mol. The average molecular weight is 282 g/mol. The lowest BCUT2D eigenvalue weighted by Crippen LogP contribution is -2.50. The van der Waals surface area contributed by atoms with Gasteiger partial charge in [-0.05, 0) is 31.7 Å². The maximum absolute atomic E-state index is 5.89. The topological polar surface area (TPSA) is 68.2 Å². The summed E-state index contributed by atoms with van der Waals surface area (Å²) in [6, 6.07) is 1.90. The molecule has 0 amide bonds. The molecule has 0 saturated heterocycles. The molecule has 0 aromatic carbocycles. The summed E-state index contributed by atoms with van der Waals surface area (Å²) in [5.74, 6) is 1.47. The van der Waals surface area contributed by atoms with Crippen molar-refractivity contribution in [1.29, 1.82) is 0 Å². The Kier molecular flexibility index (Phi) is 4.08. The van der Waals surface area contributed by atoms with Gasteiger partial charge < -0.3 is 11.1 Å². The van der Waals surface area contributed by atoms with Crippen LogP contribution in [0.15, 0.2) is 24.7 Å². The van der Waals surface area contributed by atoms with E-state index in [9.17, 15) is 0 Å². The molecule has 2 aromatic heterocycles. The van der Waals surface area contributed by atoms with Crippen LogP contribution in [0.3, 0.4) is 0 Å². The molecule has 2 aromatic rings. The third kappa shape index (κ3) is 2.88. The molecule has 3 N–H and O–H groups in total. The van der Waals surface area contributed by atoms with Gasteiger partial charge in [0.05, 0.1) is 5.69 Å². The van der Waals surface area contributed by atoms with E-state index in [-0.39, 0.29) is 17.9 Å². The van der Waals surface area contributed by atoms with Gasteiger partial charge in [-0.2, -0.15) is 0 Å². The number of nitrogens with zero attached hydrogens (tertiary/aromatic N) is 3. The molecule has 1 saturated carbocycles. The SMILES string of the molecule is CC(CN)(NCc1cn2cccnc2n1)C1CC1.Cl. The van der Waals surface area contributed by atoms with Crippen LogP contribution in [0.5, 0.6) is 0 Å². The summed E-state index contributed by atoms with van der Waals surface area (Å²) < 4.78 is 1.94. The molecule has 0 spiro atoms. The van der Waals surface area contributed by atoms with Gasteiger partial charge in [-0.1, -0.05) is 0 Å². The highest BCUT2D eigenvalue weighted by molar-refractivity contribution is 5.85. The Bertz CT molecular complexity index is 518. The van der Waals surface area contributed by atoms with Crippen molar-refractivity contribution in [3.63, 3.8) is 0 Å². The summed E-state index contributed by atoms with van der Waals surface area (Å²) in [6.07, 6.45) is 8.30. The van der Waals surface area contributed by atoms with Crippen LogP contribution in [-0.2, 0) is 6.54 Å².